The fourth-order valence-electron chi connectivity index (χ4n) is 2.88. The molecule has 1 aliphatic carbocycles. The maximum Gasteiger partial charge on any atom is 0.244 e. The standard InChI is InChI=1S/C19H26N2O3/c1-14(15-8-10-17(24-2)11-9-15)12-18(22)20-13-19(23)21-16-6-4-3-5-7-16/h8-12,16H,3-7,13H2,1-2H3,(H,20,22)(H,21,23)/b14-12+. The van der Waals surface area contributed by atoms with Gasteiger partial charge in [0.05, 0.1) is 13.7 Å². The SMILES string of the molecule is COc1ccc(/C(C)=C/C(=O)NCC(=O)NC2CCCCC2)cc1. The zero-order chi connectivity index (χ0) is 17.4. The van der Waals surface area contributed by atoms with E-state index in [4.69, 9.17) is 4.74 Å². The van der Waals surface area contributed by atoms with Crippen LogP contribution in [-0.4, -0.2) is 31.5 Å². The van der Waals surface area contributed by atoms with Crippen LogP contribution in [0.3, 0.4) is 0 Å². The van der Waals surface area contributed by atoms with Gasteiger partial charge in [-0.2, -0.15) is 0 Å². The van der Waals surface area contributed by atoms with Crippen molar-refractivity contribution < 1.29 is 14.3 Å². The molecule has 1 aromatic carbocycles. The lowest BCUT2D eigenvalue weighted by molar-refractivity contribution is -0.124. The second-order valence-corrected chi connectivity index (χ2v) is 6.18. The molecule has 130 valence electrons. The van der Waals surface area contributed by atoms with E-state index in [1.165, 1.54) is 25.3 Å². The summed E-state index contributed by atoms with van der Waals surface area (Å²) in [7, 11) is 1.61. The third kappa shape index (κ3) is 5.72. The van der Waals surface area contributed by atoms with Gasteiger partial charge in [0.1, 0.15) is 5.75 Å². The molecule has 0 spiro atoms. The van der Waals surface area contributed by atoms with Gasteiger partial charge in [-0.05, 0) is 43.0 Å². The van der Waals surface area contributed by atoms with Crippen LogP contribution in [0, 0.1) is 0 Å². The van der Waals surface area contributed by atoms with Gasteiger partial charge in [0.2, 0.25) is 11.8 Å². The molecule has 0 heterocycles. The van der Waals surface area contributed by atoms with Crippen LogP contribution in [0.15, 0.2) is 30.3 Å². The molecule has 1 aromatic rings. The van der Waals surface area contributed by atoms with Crippen molar-refractivity contribution in [3.8, 4) is 5.75 Å². The lowest BCUT2D eigenvalue weighted by Crippen LogP contribution is -2.42. The molecule has 0 aromatic heterocycles. The zero-order valence-electron chi connectivity index (χ0n) is 14.4. The molecule has 2 N–H and O–H groups in total. The minimum Gasteiger partial charge on any atom is -0.497 e. The Morgan fingerprint density at radius 3 is 2.46 bits per heavy atom. The maximum absolute atomic E-state index is 12.0. The summed E-state index contributed by atoms with van der Waals surface area (Å²) in [6, 6.07) is 7.76. The predicted octanol–water partition coefficient (Wildman–Crippen LogP) is 2.66. The van der Waals surface area contributed by atoms with E-state index < -0.39 is 0 Å². The van der Waals surface area contributed by atoms with Crippen LogP contribution in [0.25, 0.3) is 5.57 Å². The Hall–Kier alpha value is -2.30. The minimum absolute atomic E-state index is 0.0156. The first-order valence-electron chi connectivity index (χ1n) is 8.48. The van der Waals surface area contributed by atoms with Crippen LogP contribution in [0.1, 0.15) is 44.6 Å². The van der Waals surface area contributed by atoms with E-state index >= 15 is 0 Å². The number of rotatable bonds is 6. The summed E-state index contributed by atoms with van der Waals surface area (Å²) in [4.78, 5) is 23.8. The molecular formula is C19H26N2O3. The monoisotopic (exact) mass is 330 g/mol. The summed E-state index contributed by atoms with van der Waals surface area (Å²) in [5.41, 5.74) is 1.78. The van der Waals surface area contributed by atoms with Crippen LogP contribution >= 0.6 is 0 Å². The van der Waals surface area contributed by atoms with Gasteiger partial charge >= 0.3 is 0 Å². The first-order chi connectivity index (χ1) is 11.6. The number of carbonyl (C=O) groups excluding carboxylic acids is 2. The van der Waals surface area contributed by atoms with Crippen molar-refractivity contribution in [2.45, 2.75) is 45.1 Å². The third-order valence-electron chi connectivity index (χ3n) is 4.29. The highest BCUT2D eigenvalue weighted by atomic mass is 16.5. The van der Waals surface area contributed by atoms with E-state index in [-0.39, 0.29) is 24.4 Å². The summed E-state index contributed by atoms with van der Waals surface area (Å²) < 4.78 is 5.11. The van der Waals surface area contributed by atoms with Crippen LogP contribution in [-0.2, 0) is 9.59 Å². The summed E-state index contributed by atoms with van der Waals surface area (Å²) >= 11 is 0. The normalized spacial score (nSPS) is 15.7. The van der Waals surface area contributed by atoms with E-state index in [9.17, 15) is 9.59 Å². The molecule has 2 amide bonds. The predicted molar refractivity (Wildman–Crippen MR) is 94.7 cm³/mol. The molecule has 2 rings (SSSR count). The van der Waals surface area contributed by atoms with E-state index in [0.717, 1.165) is 29.7 Å². The largest absolute Gasteiger partial charge is 0.497 e. The van der Waals surface area contributed by atoms with E-state index in [1.807, 2.05) is 31.2 Å². The fraction of sp³-hybridized carbons (Fsp3) is 0.474. The molecular weight excluding hydrogens is 304 g/mol. The van der Waals surface area contributed by atoms with E-state index in [2.05, 4.69) is 10.6 Å². The van der Waals surface area contributed by atoms with Gasteiger partial charge in [0.15, 0.2) is 0 Å². The highest BCUT2D eigenvalue weighted by Crippen LogP contribution is 2.18. The van der Waals surface area contributed by atoms with Crippen molar-refractivity contribution in [2.75, 3.05) is 13.7 Å². The second kappa shape index (κ2) is 9.11. The number of ether oxygens (including phenoxy) is 1. The summed E-state index contributed by atoms with van der Waals surface area (Å²) in [5, 5.41) is 5.63. The van der Waals surface area contributed by atoms with Crippen LogP contribution in [0.4, 0.5) is 0 Å². The van der Waals surface area contributed by atoms with Crippen LogP contribution < -0.4 is 15.4 Å². The Kier molecular flexibility index (Phi) is 6.85. The smallest absolute Gasteiger partial charge is 0.244 e. The first kappa shape index (κ1) is 18.0. The molecule has 24 heavy (non-hydrogen) atoms. The van der Waals surface area contributed by atoms with Crippen molar-refractivity contribution in [2.24, 2.45) is 0 Å². The number of benzene rings is 1. The molecule has 0 aliphatic heterocycles. The number of allylic oxidation sites excluding steroid dienone is 1. The van der Waals surface area contributed by atoms with Crippen molar-refractivity contribution in [1.82, 2.24) is 10.6 Å². The number of amides is 2. The van der Waals surface area contributed by atoms with Gasteiger partial charge in [0, 0.05) is 12.1 Å². The maximum atomic E-state index is 12.0. The molecule has 0 unspecified atom stereocenters. The number of nitrogens with one attached hydrogen (secondary N) is 2. The number of hydrogen-bond acceptors (Lipinski definition) is 3. The zero-order valence-corrected chi connectivity index (χ0v) is 14.4. The summed E-state index contributed by atoms with van der Waals surface area (Å²) in [6.07, 6.45) is 7.17. The van der Waals surface area contributed by atoms with Gasteiger partial charge < -0.3 is 15.4 Å². The van der Waals surface area contributed by atoms with Crippen LogP contribution in [0.2, 0.25) is 0 Å². The Morgan fingerprint density at radius 1 is 1.17 bits per heavy atom. The molecule has 0 bridgehead atoms. The molecule has 1 aliphatic rings. The summed E-state index contributed by atoms with van der Waals surface area (Å²) in [5.74, 6) is 0.392. The topological polar surface area (TPSA) is 67.4 Å². The fourth-order valence-corrected chi connectivity index (χ4v) is 2.88. The molecule has 1 fully saturated rings. The Balaban J connectivity index is 1.79. The van der Waals surface area contributed by atoms with Gasteiger partial charge in [0.25, 0.3) is 0 Å². The number of hydrogen-bond donors (Lipinski definition) is 2. The molecule has 5 heteroatoms. The highest BCUT2D eigenvalue weighted by molar-refractivity contribution is 5.96. The third-order valence-corrected chi connectivity index (χ3v) is 4.29. The molecule has 0 saturated heterocycles. The highest BCUT2D eigenvalue weighted by Gasteiger charge is 2.15. The number of methoxy groups -OCH3 is 1. The van der Waals surface area contributed by atoms with Crippen molar-refractivity contribution in [3.63, 3.8) is 0 Å². The van der Waals surface area contributed by atoms with E-state index in [0.29, 0.717) is 0 Å². The lowest BCUT2D eigenvalue weighted by atomic mass is 9.95. The van der Waals surface area contributed by atoms with Gasteiger partial charge in [-0.15, -0.1) is 0 Å². The van der Waals surface area contributed by atoms with Crippen molar-refractivity contribution in [1.29, 1.82) is 0 Å². The van der Waals surface area contributed by atoms with E-state index in [1.54, 1.807) is 7.11 Å². The minimum atomic E-state index is -0.262. The van der Waals surface area contributed by atoms with Gasteiger partial charge in [-0.1, -0.05) is 31.4 Å². The molecule has 0 radical (unpaired) electrons. The average Bonchev–Trinajstić information content (AvgIpc) is 2.61. The Bertz CT molecular complexity index is 587. The quantitative estimate of drug-likeness (QED) is 0.788. The summed E-state index contributed by atoms with van der Waals surface area (Å²) in [6.45, 7) is 1.88. The van der Waals surface area contributed by atoms with Gasteiger partial charge in [-0.25, -0.2) is 0 Å². The first-order valence-corrected chi connectivity index (χ1v) is 8.48. The van der Waals surface area contributed by atoms with Crippen molar-refractivity contribution in [3.05, 3.63) is 35.9 Å². The van der Waals surface area contributed by atoms with Gasteiger partial charge in [-0.3, -0.25) is 9.59 Å². The Labute approximate surface area is 143 Å². The Morgan fingerprint density at radius 2 is 1.83 bits per heavy atom. The molecule has 5 nitrogen and oxygen atoms in total. The molecule has 1 saturated carbocycles. The number of carbonyl (C=O) groups is 2. The lowest BCUT2D eigenvalue weighted by Gasteiger charge is -2.22. The average molecular weight is 330 g/mol. The van der Waals surface area contributed by atoms with Crippen molar-refractivity contribution >= 4 is 17.4 Å². The second-order valence-electron chi connectivity index (χ2n) is 6.18. The molecule has 0 atom stereocenters. The van der Waals surface area contributed by atoms with Crippen LogP contribution in [0.5, 0.6) is 5.75 Å².